The van der Waals surface area contributed by atoms with E-state index in [4.69, 9.17) is 0 Å². The second-order valence-electron chi connectivity index (χ2n) is 3.70. The van der Waals surface area contributed by atoms with E-state index in [-0.39, 0.29) is 6.04 Å². The summed E-state index contributed by atoms with van der Waals surface area (Å²) in [7, 11) is 0. The Morgan fingerprint density at radius 1 is 1.56 bits per heavy atom. The number of benzene rings is 1. The monoisotopic (exact) mass is 226 g/mol. The quantitative estimate of drug-likeness (QED) is 0.620. The van der Waals surface area contributed by atoms with Gasteiger partial charge in [-0.15, -0.1) is 0 Å². The molecule has 0 aliphatic rings. The van der Waals surface area contributed by atoms with Crippen molar-refractivity contribution < 1.29 is 9.31 Å². The van der Waals surface area contributed by atoms with E-state index in [9.17, 15) is 14.5 Å². The Balaban J connectivity index is 2.81. The minimum atomic E-state index is -0.747. The van der Waals surface area contributed by atoms with Crippen molar-refractivity contribution in [3.8, 4) is 0 Å². The van der Waals surface area contributed by atoms with Crippen molar-refractivity contribution in [3.05, 3.63) is 39.7 Å². The van der Waals surface area contributed by atoms with Crippen molar-refractivity contribution in [2.45, 2.75) is 32.9 Å². The molecule has 4 nitrogen and oxygen atoms in total. The second kappa shape index (κ2) is 5.55. The van der Waals surface area contributed by atoms with Crippen LogP contribution in [0.5, 0.6) is 0 Å². The molecule has 0 radical (unpaired) electrons. The van der Waals surface area contributed by atoms with Crippen molar-refractivity contribution in [1.82, 2.24) is 5.32 Å². The fourth-order valence-electron chi connectivity index (χ4n) is 1.27. The average molecular weight is 226 g/mol. The summed E-state index contributed by atoms with van der Waals surface area (Å²) < 4.78 is 13.6. The fourth-order valence-corrected chi connectivity index (χ4v) is 1.27. The number of nitro groups is 1. The van der Waals surface area contributed by atoms with E-state index < -0.39 is 16.4 Å². The van der Waals surface area contributed by atoms with Crippen LogP contribution in [0, 0.1) is 15.9 Å². The second-order valence-corrected chi connectivity index (χ2v) is 3.70. The molecule has 1 aromatic rings. The highest BCUT2D eigenvalue weighted by Gasteiger charge is 2.16. The van der Waals surface area contributed by atoms with Gasteiger partial charge in [0.1, 0.15) is 0 Å². The van der Waals surface area contributed by atoms with Crippen LogP contribution in [-0.2, 0) is 6.54 Å². The first-order chi connectivity index (χ1) is 7.56. The zero-order chi connectivity index (χ0) is 12.1. The summed E-state index contributed by atoms with van der Waals surface area (Å²) in [5.41, 5.74) is -0.141. The van der Waals surface area contributed by atoms with E-state index in [0.29, 0.717) is 12.1 Å². The predicted molar refractivity (Wildman–Crippen MR) is 59.6 cm³/mol. The van der Waals surface area contributed by atoms with Gasteiger partial charge in [-0.25, -0.2) is 0 Å². The standard InChI is InChI=1S/C11H15FN2O2/c1-3-8(2)13-7-9-5-4-6-10(11(9)12)14(15)16/h4-6,8,13H,3,7H2,1-2H3. The molecule has 1 unspecified atom stereocenters. The summed E-state index contributed by atoms with van der Waals surface area (Å²) in [6, 6.07) is 4.48. The summed E-state index contributed by atoms with van der Waals surface area (Å²) in [6.07, 6.45) is 0.927. The zero-order valence-electron chi connectivity index (χ0n) is 9.37. The predicted octanol–water partition coefficient (Wildman–Crippen LogP) is 2.62. The zero-order valence-corrected chi connectivity index (χ0v) is 9.37. The Morgan fingerprint density at radius 2 is 2.25 bits per heavy atom. The highest BCUT2D eigenvalue weighted by Crippen LogP contribution is 2.19. The Hall–Kier alpha value is -1.49. The van der Waals surface area contributed by atoms with Crippen LogP contribution in [0.2, 0.25) is 0 Å². The molecule has 0 fully saturated rings. The number of halogens is 1. The van der Waals surface area contributed by atoms with Crippen molar-refractivity contribution in [3.63, 3.8) is 0 Å². The van der Waals surface area contributed by atoms with Crippen LogP contribution < -0.4 is 5.32 Å². The Bertz CT molecular complexity index is 382. The lowest BCUT2D eigenvalue weighted by molar-refractivity contribution is -0.387. The van der Waals surface area contributed by atoms with Crippen LogP contribution in [0.1, 0.15) is 25.8 Å². The molecular weight excluding hydrogens is 211 g/mol. The minimum Gasteiger partial charge on any atom is -0.310 e. The maximum Gasteiger partial charge on any atom is 0.305 e. The van der Waals surface area contributed by atoms with Crippen molar-refractivity contribution >= 4 is 5.69 Å². The van der Waals surface area contributed by atoms with Gasteiger partial charge in [0, 0.05) is 24.2 Å². The van der Waals surface area contributed by atoms with E-state index >= 15 is 0 Å². The molecule has 0 spiro atoms. The largest absolute Gasteiger partial charge is 0.310 e. The Morgan fingerprint density at radius 3 is 2.81 bits per heavy atom. The molecule has 16 heavy (non-hydrogen) atoms. The van der Waals surface area contributed by atoms with Crippen LogP contribution >= 0.6 is 0 Å². The van der Waals surface area contributed by atoms with Gasteiger partial charge < -0.3 is 5.32 Å². The third-order valence-electron chi connectivity index (χ3n) is 2.51. The van der Waals surface area contributed by atoms with E-state index in [1.54, 1.807) is 6.07 Å². The fraction of sp³-hybridized carbons (Fsp3) is 0.455. The number of rotatable bonds is 5. The van der Waals surface area contributed by atoms with Crippen LogP contribution in [-0.4, -0.2) is 11.0 Å². The minimum absolute atomic E-state index is 0.263. The van der Waals surface area contributed by atoms with Crippen LogP contribution in [0.15, 0.2) is 18.2 Å². The molecule has 0 bridgehead atoms. The summed E-state index contributed by atoms with van der Waals surface area (Å²) >= 11 is 0. The number of hydrogen-bond donors (Lipinski definition) is 1. The van der Waals surface area contributed by atoms with Gasteiger partial charge in [0.15, 0.2) is 0 Å². The topological polar surface area (TPSA) is 55.2 Å². The molecule has 0 aliphatic heterocycles. The van der Waals surface area contributed by atoms with E-state index in [1.165, 1.54) is 12.1 Å². The van der Waals surface area contributed by atoms with Gasteiger partial charge in [0.25, 0.3) is 0 Å². The first-order valence-corrected chi connectivity index (χ1v) is 5.21. The molecule has 0 aliphatic carbocycles. The van der Waals surface area contributed by atoms with Gasteiger partial charge in [0.05, 0.1) is 4.92 Å². The molecular formula is C11H15FN2O2. The summed E-state index contributed by atoms with van der Waals surface area (Å²) in [5.74, 6) is -0.747. The van der Waals surface area contributed by atoms with Gasteiger partial charge in [0.2, 0.25) is 5.82 Å². The molecule has 5 heteroatoms. The molecule has 0 aromatic heterocycles. The van der Waals surface area contributed by atoms with Crippen LogP contribution in [0.4, 0.5) is 10.1 Å². The average Bonchev–Trinajstić information content (AvgIpc) is 2.26. The van der Waals surface area contributed by atoms with Crippen molar-refractivity contribution in [2.24, 2.45) is 0 Å². The van der Waals surface area contributed by atoms with E-state index in [1.807, 2.05) is 13.8 Å². The summed E-state index contributed by atoms with van der Waals surface area (Å²) in [6.45, 7) is 4.30. The third kappa shape index (κ3) is 3.00. The number of nitro benzene ring substituents is 1. The summed E-state index contributed by atoms with van der Waals surface area (Å²) in [4.78, 5) is 9.81. The lowest BCUT2D eigenvalue weighted by Crippen LogP contribution is -2.25. The van der Waals surface area contributed by atoms with Crippen LogP contribution in [0.25, 0.3) is 0 Å². The third-order valence-corrected chi connectivity index (χ3v) is 2.51. The molecule has 0 heterocycles. The SMILES string of the molecule is CCC(C)NCc1cccc([N+](=O)[O-])c1F. The lowest BCUT2D eigenvalue weighted by atomic mass is 10.1. The van der Waals surface area contributed by atoms with Gasteiger partial charge in [-0.3, -0.25) is 10.1 Å². The van der Waals surface area contributed by atoms with Crippen molar-refractivity contribution in [1.29, 1.82) is 0 Å². The molecule has 88 valence electrons. The van der Waals surface area contributed by atoms with Gasteiger partial charge in [-0.05, 0) is 13.3 Å². The first kappa shape index (κ1) is 12.6. The Labute approximate surface area is 93.6 Å². The molecule has 0 saturated carbocycles. The maximum atomic E-state index is 13.6. The summed E-state index contributed by atoms with van der Waals surface area (Å²) in [5, 5.41) is 13.6. The molecule has 1 atom stereocenters. The Kier molecular flexibility index (Phi) is 4.37. The van der Waals surface area contributed by atoms with Crippen molar-refractivity contribution in [2.75, 3.05) is 0 Å². The van der Waals surface area contributed by atoms with E-state index in [2.05, 4.69) is 5.32 Å². The smallest absolute Gasteiger partial charge is 0.305 e. The van der Waals surface area contributed by atoms with Crippen LogP contribution in [0.3, 0.4) is 0 Å². The molecule has 1 rings (SSSR count). The highest BCUT2D eigenvalue weighted by atomic mass is 19.1. The molecule has 1 aromatic carbocycles. The number of nitrogens with zero attached hydrogens (tertiary/aromatic N) is 1. The molecule has 0 saturated heterocycles. The molecule has 0 amide bonds. The van der Waals surface area contributed by atoms with Gasteiger partial charge >= 0.3 is 5.69 Å². The lowest BCUT2D eigenvalue weighted by Gasteiger charge is -2.11. The maximum absolute atomic E-state index is 13.6. The molecule has 1 N–H and O–H groups in total. The van der Waals surface area contributed by atoms with Gasteiger partial charge in [-0.2, -0.15) is 4.39 Å². The highest BCUT2D eigenvalue weighted by molar-refractivity contribution is 5.36. The number of hydrogen-bond acceptors (Lipinski definition) is 3. The van der Waals surface area contributed by atoms with E-state index in [0.717, 1.165) is 6.42 Å². The van der Waals surface area contributed by atoms with Gasteiger partial charge in [-0.1, -0.05) is 19.1 Å². The number of nitrogens with one attached hydrogen (secondary N) is 1. The normalized spacial score (nSPS) is 12.4. The first-order valence-electron chi connectivity index (χ1n) is 5.21.